The van der Waals surface area contributed by atoms with Crippen molar-refractivity contribution in [3.05, 3.63) is 59.2 Å². The van der Waals surface area contributed by atoms with Crippen LogP contribution in [0.5, 0.6) is 0 Å². The fourth-order valence-electron chi connectivity index (χ4n) is 2.46. The molecule has 0 unspecified atom stereocenters. The Morgan fingerprint density at radius 2 is 2.00 bits per heavy atom. The molecule has 1 aromatic carbocycles. The van der Waals surface area contributed by atoms with Gasteiger partial charge in [-0.15, -0.1) is 0 Å². The normalized spacial score (nSPS) is 12.1. The second-order valence-electron chi connectivity index (χ2n) is 5.48. The minimum absolute atomic E-state index is 0.131. The molecule has 0 bridgehead atoms. The first-order valence-electron chi connectivity index (χ1n) is 7.35. The molecule has 2 N–H and O–H groups in total. The summed E-state index contributed by atoms with van der Waals surface area (Å²) in [6.07, 6.45) is 1.40. The molecule has 0 fully saturated rings. The summed E-state index contributed by atoms with van der Waals surface area (Å²) in [5.41, 5.74) is 4.35. The van der Waals surface area contributed by atoms with E-state index in [4.69, 9.17) is 0 Å². The number of nitrogens with zero attached hydrogens (tertiary/aromatic N) is 4. The lowest BCUT2D eigenvalue weighted by atomic mass is 10.1. The Bertz CT molecular complexity index is 804. The second-order valence-corrected chi connectivity index (χ2v) is 5.48. The highest BCUT2D eigenvalue weighted by molar-refractivity contribution is 5.92. The predicted molar refractivity (Wildman–Crippen MR) is 85.3 cm³/mol. The number of aromatic amines is 1. The Kier molecular flexibility index (Phi) is 3.92. The molecule has 23 heavy (non-hydrogen) atoms. The van der Waals surface area contributed by atoms with Crippen LogP contribution in [0.2, 0.25) is 0 Å². The fourth-order valence-corrected chi connectivity index (χ4v) is 2.46. The van der Waals surface area contributed by atoms with Crippen molar-refractivity contribution in [2.24, 2.45) is 0 Å². The molecule has 0 aliphatic heterocycles. The number of H-pyrrole nitrogens is 1. The SMILES string of the molecule is Cc1cc(C)n(-c2ccc([C@H](C)NC(=O)c3cn[nH]n3)cc2)n1. The van der Waals surface area contributed by atoms with Crippen molar-refractivity contribution in [3.63, 3.8) is 0 Å². The zero-order valence-electron chi connectivity index (χ0n) is 13.2. The molecule has 7 nitrogen and oxygen atoms in total. The van der Waals surface area contributed by atoms with Gasteiger partial charge in [0.2, 0.25) is 0 Å². The largest absolute Gasteiger partial charge is 0.344 e. The Morgan fingerprint density at radius 1 is 1.26 bits per heavy atom. The van der Waals surface area contributed by atoms with Crippen molar-refractivity contribution in [2.45, 2.75) is 26.8 Å². The Morgan fingerprint density at radius 3 is 2.57 bits per heavy atom. The quantitative estimate of drug-likeness (QED) is 0.772. The number of aromatic nitrogens is 5. The fraction of sp³-hybridized carbons (Fsp3) is 0.250. The number of hydrogen-bond acceptors (Lipinski definition) is 4. The van der Waals surface area contributed by atoms with Gasteiger partial charge in [-0.25, -0.2) is 4.68 Å². The summed E-state index contributed by atoms with van der Waals surface area (Å²) in [7, 11) is 0. The molecule has 0 aliphatic carbocycles. The molecule has 0 radical (unpaired) electrons. The van der Waals surface area contributed by atoms with Crippen LogP contribution in [0.15, 0.2) is 36.5 Å². The number of nitrogens with one attached hydrogen (secondary N) is 2. The molecule has 3 aromatic rings. The Hall–Kier alpha value is -2.96. The lowest BCUT2D eigenvalue weighted by Crippen LogP contribution is -2.26. The van der Waals surface area contributed by atoms with Gasteiger partial charge in [-0.05, 0) is 44.5 Å². The summed E-state index contributed by atoms with van der Waals surface area (Å²) in [5, 5.41) is 17.2. The van der Waals surface area contributed by atoms with E-state index in [9.17, 15) is 4.79 Å². The summed E-state index contributed by atoms with van der Waals surface area (Å²) >= 11 is 0. The molecule has 3 rings (SSSR count). The third kappa shape index (κ3) is 3.13. The molecule has 2 heterocycles. The van der Waals surface area contributed by atoms with Crippen molar-refractivity contribution in [1.29, 1.82) is 0 Å². The van der Waals surface area contributed by atoms with Gasteiger partial charge in [-0.1, -0.05) is 12.1 Å². The number of hydrogen-bond donors (Lipinski definition) is 2. The van der Waals surface area contributed by atoms with E-state index in [0.29, 0.717) is 0 Å². The lowest BCUT2D eigenvalue weighted by molar-refractivity contribution is 0.0935. The van der Waals surface area contributed by atoms with Crippen molar-refractivity contribution in [3.8, 4) is 5.69 Å². The highest BCUT2D eigenvalue weighted by Crippen LogP contribution is 2.17. The van der Waals surface area contributed by atoms with Gasteiger partial charge in [0.1, 0.15) is 0 Å². The number of carbonyl (C=O) groups is 1. The highest BCUT2D eigenvalue weighted by atomic mass is 16.2. The molecule has 1 amide bonds. The van der Waals surface area contributed by atoms with E-state index in [1.54, 1.807) is 0 Å². The van der Waals surface area contributed by atoms with Crippen LogP contribution in [-0.2, 0) is 0 Å². The van der Waals surface area contributed by atoms with Gasteiger partial charge in [0.15, 0.2) is 5.69 Å². The first-order valence-corrected chi connectivity index (χ1v) is 7.35. The van der Waals surface area contributed by atoms with Crippen LogP contribution >= 0.6 is 0 Å². The lowest BCUT2D eigenvalue weighted by Gasteiger charge is -2.14. The molecule has 0 saturated heterocycles. The van der Waals surface area contributed by atoms with E-state index in [0.717, 1.165) is 22.6 Å². The van der Waals surface area contributed by atoms with Crippen LogP contribution in [0.1, 0.15) is 40.4 Å². The average molecular weight is 310 g/mol. The maximum atomic E-state index is 12.0. The zero-order valence-corrected chi connectivity index (χ0v) is 13.2. The van der Waals surface area contributed by atoms with E-state index < -0.39 is 0 Å². The first kappa shape index (κ1) is 15.0. The Labute approximate surface area is 133 Å². The van der Waals surface area contributed by atoms with Gasteiger partial charge in [0.25, 0.3) is 5.91 Å². The predicted octanol–water partition coefficient (Wildman–Crippen LogP) is 2.10. The van der Waals surface area contributed by atoms with Gasteiger partial charge < -0.3 is 5.32 Å². The maximum Gasteiger partial charge on any atom is 0.273 e. The molecule has 1 atom stereocenters. The van der Waals surface area contributed by atoms with E-state index in [1.807, 2.05) is 55.8 Å². The number of amides is 1. The third-order valence-electron chi connectivity index (χ3n) is 3.64. The minimum atomic E-state index is -0.256. The summed E-state index contributed by atoms with van der Waals surface area (Å²) in [6, 6.07) is 9.86. The summed E-state index contributed by atoms with van der Waals surface area (Å²) in [6.45, 7) is 5.92. The monoisotopic (exact) mass is 310 g/mol. The van der Waals surface area contributed by atoms with Crippen LogP contribution in [0.4, 0.5) is 0 Å². The van der Waals surface area contributed by atoms with Gasteiger partial charge in [-0.3, -0.25) is 4.79 Å². The topological polar surface area (TPSA) is 88.5 Å². The molecule has 7 heteroatoms. The molecular formula is C16H18N6O. The summed E-state index contributed by atoms with van der Waals surface area (Å²) in [5.74, 6) is -0.256. The van der Waals surface area contributed by atoms with Crippen LogP contribution in [-0.4, -0.2) is 31.1 Å². The number of carbonyl (C=O) groups excluding carboxylic acids is 1. The summed E-state index contributed by atoms with van der Waals surface area (Å²) in [4.78, 5) is 12.0. The van der Waals surface area contributed by atoms with Crippen LogP contribution in [0.3, 0.4) is 0 Å². The molecular weight excluding hydrogens is 292 g/mol. The van der Waals surface area contributed by atoms with Gasteiger partial charge in [-0.2, -0.15) is 20.5 Å². The highest BCUT2D eigenvalue weighted by Gasteiger charge is 2.13. The van der Waals surface area contributed by atoms with Gasteiger partial charge in [0.05, 0.1) is 23.6 Å². The van der Waals surface area contributed by atoms with E-state index in [-0.39, 0.29) is 17.6 Å². The van der Waals surface area contributed by atoms with Crippen molar-refractivity contribution in [2.75, 3.05) is 0 Å². The molecule has 2 aromatic heterocycles. The third-order valence-corrected chi connectivity index (χ3v) is 3.64. The average Bonchev–Trinajstić information content (AvgIpc) is 3.17. The molecule has 0 aliphatic rings. The smallest absolute Gasteiger partial charge is 0.273 e. The summed E-state index contributed by atoms with van der Waals surface area (Å²) < 4.78 is 1.90. The van der Waals surface area contributed by atoms with Crippen LogP contribution in [0, 0.1) is 13.8 Å². The van der Waals surface area contributed by atoms with Crippen molar-refractivity contribution in [1.82, 2.24) is 30.5 Å². The molecule has 0 spiro atoms. The van der Waals surface area contributed by atoms with E-state index in [2.05, 4.69) is 25.8 Å². The minimum Gasteiger partial charge on any atom is -0.344 e. The van der Waals surface area contributed by atoms with Gasteiger partial charge in [0, 0.05) is 5.69 Å². The number of rotatable bonds is 4. The Balaban J connectivity index is 1.74. The maximum absolute atomic E-state index is 12.0. The van der Waals surface area contributed by atoms with Crippen LogP contribution < -0.4 is 5.32 Å². The van der Waals surface area contributed by atoms with Gasteiger partial charge >= 0.3 is 0 Å². The zero-order chi connectivity index (χ0) is 16.4. The van der Waals surface area contributed by atoms with E-state index >= 15 is 0 Å². The van der Waals surface area contributed by atoms with E-state index in [1.165, 1.54) is 6.20 Å². The molecule has 0 saturated carbocycles. The standard InChI is InChI=1S/C16H18N6O/c1-10-8-11(2)22(20-10)14-6-4-13(5-7-14)12(3)18-16(23)15-9-17-21-19-15/h4-9,12H,1-3H3,(H,18,23)(H,17,19,21)/t12-/m0/s1. The van der Waals surface area contributed by atoms with Crippen molar-refractivity contribution >= 4 is 5.91 Å². The first-order chi connectivity index (χ1) is 11.0. The van der Waals surface area contributed by atoms with Crippen LogP contribution in [0.25, 0.3) is 5.69 Å². The number of benzene rings is 1. The number of aryl methyl sites for hydroxylation is 2. The second kappa shape index (κ2) is 6.04. The van der Waals surface area contributed by atoms with Crippen molar-refractivity contribution < 1.29 is 4.79 Å². The molecule has 118 valence electrons.